The molecule has 5 heteroatoms. The number of allylic oxidation sites excluding steroid dienone is 2. The Morgan fingerprint density at radius 1 is 0.697 bits per heavy atom. The average molecular weight is 461 g/mol. The first-order valence-electron chi connectivity index (χ1n) is 13.5. The number of halogens is 3. The molecule has 2 nitrogen and oxygen atoms in total. The topological polar surface area (TPSA) is 26.3 Å². The molecule has 33 heavy (non-hydrogen) atoms. The van der Waals surface area contributed by atoms with E-state index in [2.05, 4.69) is 12.2 Å². The smallest absolute Gasteiger partial charge is 0.392 e. The first-order chi connectivity index (χ1) is 15.5. The minimum atomic E-state index is -4.32. The van der Waals surface area contributed by atoms with Crippen molar-refractivity contribution in [3.05, 3.63) is 12.2 Å². The molecule has 8 aliphatic rings. The summed E-state index contributed by atoms with van der Waals surface area (Å²) in [6.45, 7) is 5.29. The van der Waals surface area contributed by atoms with E-state index in [-0.39, 0.29) is 17.8 Å². The van der Waals surface area contributed by atoms with Crippen LogP contribution in [0, 0.1) is 94.7 Å². The predicted molar refractivity (Wildman–Crippen MR) is 115 cm³/mol. The molecule has 0 spiro atoms. The van der Waals surface area contributed by atoms with Crippen LogP contribution >= 0.6 is 0 Å². The van der Waals surface area contributed by atoms with Crippen LogP contribution in [-0.2, 0) is 9.53 Å². The van der Waals surface area contributed by atoms with Crippen LogP contribution in [0.25, 0.3) is 0 Å². The molecular weight excluding hydrogens is 425 g/mol. The van der Waals surface area contributed by atoms with Crippen molar-refractivity contribution in [3.63, 3.8) is 0 Å². The largest absolute Gasteiger partial charge is 0.460 e. The lowest BCUT2D eigenvalue weighted by Gasteiger charge is -2.51. The molecule has 0 amide bonds. The number of ether oxygens (including phenoxy) is 1. The molecule has 180 valence electrons. The van der Waals surface area contributed by atoms with Crippen LogP contribution < -0.4 is 0 Å². The molecule has 16 unspecified atom stereocenters. The van der Waals surface area contributed by atoms with Crippen molar-refractivity contribution in [2.45, 2.75) is 58.2 Å². The zero-order valence-electron chi connectivity index (χ0n) is 19.7. The number of hydrogen-bond donors (Lipinski definition) is 0. The summed E-state index contributed by atoms with van der Waals surface area (Å²) in [5.74, 6) is 4.27. The van der Waals surface area contributed by atoms with Crippen LogP contribution in [0.4, 0.5) is 13.2 Å². The van der Waals surface area contributed by atoms with Gasteiger partial charge in [-0.2, -0.15) is 13.2 Å². The minimum Gasteiger partial charge on any atom is -0.460 e. The molecule has 8 bridgehead atoms. The Kier molecular flexibility index (Phi) is 3.59. The Labute approximate surface area is 194 Å². The number of alkyl halides is 3. The minimum absolute atomic E-state index is 0.118. The van der Waals surface area contributed by atoms with Gasteiger partial charge in [0.05, 0.1) is 11.8 Å². The molecule has 0 aromatic heterocycles. The van der Waals surface area contributed by atoms with Crippen molar-refractivity contribution in [3.8, 4) is 0 Å². The van der Waals surface area contributed by atoms with E-state index in [1.165, 1.54) is 12.8 Å². The van der Waals surface area contributed by atoms with Crippen LogP contribution in [0.5, 0.6) is 0 Å². The zero-order valence-corrected chi connectivity index (χ0v) is 19.7. The van der Waals surface area contributed by atoms with Gasteiger partial charge in [-0.05, 0) is 129 Å². The lowest BCUT2D eigenvalue weighted by atomic mass is 9.53. The van der Waals surface area contributed by atoms with Crippen molar-refractivity contribution in [2.75, 3.05) is 0 Å². The molecule has 0 aromatic rings. The molecule has 8 rings (SSSR count). The lowest BCUT2D eigenvalue weighted by molar-refractivity contribution is -0.224. The van der Waals surface area contributed by atoms with E-state index in [9.17, 15) is 18.0 Å². The van der Waals surface area contributed by atoms with Crippen molar-refractivity contribution in [1.29, 1.82) is 0 Å². The fourth-order valence-corrected chi connectivity index (χ4v) is 12.6. The first kappa shape index (κ1) is 20.2. The standard InChI is InChI=1S/C28H35F3O2/c1-27(2,3)33-26(32)24-16-9-17(25(24)28(29,30)31)23-15-8-14(22(16)23)20-12-7-13(21(15)20)19-11-5-4-10(6-11)18(12)19/h4-5,10-25H,6-9H2,1-3H3. The van der Waals surface area contributed by atoms with Gasteiger partial charge in [-0.1, -0.05) is 12.2 Å². The number of esters is 1. The summed E-state index contributed by atoms with van der Waals surface area (Å²) in [4.78, 5) is 13.2. The van der Waals surface area contributed by atoms with E-state index in [1.54, 1.807) is 20.8 Å². The Bertz CT molecular complexity index is 948. The van der Waals surface area contributed by atoms with Gasteiger partial charge in [0.1, 0.15) is 5.60 Å². The van der Waals surface area contributed by atoms with Crippen LogP contribution in [0.3, 0.4) is 0 Å². The van der Waals surface area contributed by atoms with Crippen LogP contribution in [-0.4, -0.2) is 17.7 Å². The van der Waals surface area contributed by atoms with E-state index in [1.807, 2.05) is 0 Å². The fraction of sp³-hybridized carbons (Fsp3) is 0.893. The molecular formula is C28H35F3O2. The van der Waals surface area contributed by atoms with Crippen molar-refractivity contribution in [2.24, 2.45) is 94.7 Å². The number of rotatable bonds is 1. The molecule has 7 saturated carbocycles. The van der Waals surface area contributed by atoms with Gasteiger partial charge in [-0.15, -0.1) is 0 Å². The van der Waals surface area contributed by atoms with E-state index in [4.69, 9.17) is 4.74 Å². The maximum absolute atomic E-state index is 14.4. The van der Waals surface area contributed by atoms with Gasteiger partial charge in [0.25, 0.3) is 0 Å². The highest BCUT2D eigenvalue weighted by Gasteiger charge is 2.79. The van der Waals surface area contributed by atoms with Gasteiger partial charge < -0.3 is 4.74 Å². The van der Waals surface area contributed by atoms with Crippen LogP contribution in [0.2, 0.25) is 0 Å². The molecule has 7 fully saturated rings. The highest BCUT2D eigenvalue weighted by atomic mass is 19.4. The second-order valence-electron chi connectivity index (χ2n) is 14.2. The second kappa shape index (κ2) is 5.86. The van der Waals surface area contributed by atoms with Crippen molar-refractivity contribution >= 4 is 5.97 Å². The van der Waals surface area contributed by atoms with Crippen molar-refractivity contribution < 1.29 is 22.7 Å². The Morgan fingerprint density at radius 2 is 1.15 bits per heavy atom. The summed E-state index contributed by atoms with van der Waals surface area (Å²) in [5, 5.41) is 0. The van der Waals surface area contributed by atoms with Gasteiger partial charge in [-0.25, -0.2) is 0 Å². The van der Waals surface area contributed by atoms with Crippen molar-refractivity contribution in [1.82, 2.24) is 0 Å². The third-order valence-electron chi connectivity index (χ3n) is 12.4. The summed E-state index contributed by atoms with van der Waals surface area (Å²) >= 11 is 0. The summed E-state index contributed by atoms with van der Waals surface area (Å²) in [6.07, 6.45) is 5.08. The second-order valence-corrected chi connectivity index (χ2v) is 14.2. The molecule has 0 radical (unpaired) electrons. The zero-order chi connectivity index (χ0) is 22.8. The fourth-order valence-electron chi connectivity index (χ4n) is 12.6. The van der Waals surface area contributed by atoms with Gasteiger partial charge in [0.15, 0.2) is 0 Å². The third kappa shape index (κ3) is 2.28. The molecule has 8 aliphatic carbocycles. The molecule has 0 aromatic carbocycles. The first-order valence-corrected chi connectivity index (χ1v) is 13.5. The number of carbonyl (C=O) groups is 1. The Balaban J connectivity index is 1.15. The average Bonchev–Trinajstić information content (AvgIpc) is 3.54. The normalized spacial score (nSPS) is 60.5. The molecule has 0 N–H and O–H groups in total. The predicted octanol–water partition coefficient (Wildman–Crippen LogP) is 5.98. The molecule has 0 heterocycles. The van der Waals surface area contributed by atoms with E-state index in [0.717, 1.165) is 47.8 Å². The van der Waals surface area contributed by atoms with Crippen LogP contribution in [0.15, 0.2) is 12.2 Å². The lowest BCUT2D eigenvalue weighted by Crippen LogP contribution is -2.52. The van der Waals surface area contributed by atoms with E-state index < -0.39 is 29.6 Å². The monoisotopic (exact) mass is 460 g/mol. The number of carbonyl (C=O) groups excluding carboxylic acids is 1. The Morgan fingerprint density at radius 3 is 1.67 bits per heavy atom. The summed E-state index contributed by atoms with van der Waals surface area (Å²) in [6, 6.07) is 0. The summed E-state index contributed by atoms with van der Waals surface area (Å²) in [5.41, 5.74) is -0.747. The SMILES string of the molecule is CC(C)(C)OC(=O)C1C2CC(C3C4CC(C23)C2C3CC(C5C6C=CC(C6)C35)C42)C1C(F)(F)F. The number of hydrogen-bond acceptors (Lipinski definition) is 2. The van der Waals surface area contributed by atoms with Gasteiger partial charge >= 0.3 is 12.1 Å². The van der Waals surface area contributed by atoms with Gasteiger partial charge in [0, 0.05) is 0 Å². The molecule has 0 aliphatic heterocycles. The van der Waals surface area contributed by atoms with E-state index >= 15 is 0 Å². The van der Waals surface area contributed by atoms with Gasteiger partial charge in [0.2, 0.25) is 0 Å². The number of fused-ring (bicyclic) bond motifs is 23. The molecule has 16 atom stereocenters. The highest BCUT2D eigenvalue weighted by Crippen LogP contribution is 2.82. The maximum Gasteiger partial charge on any atom is 0.392 e. The van der Waals surface area contributed by atoms with Gasteiger partial charge in [-0.3, -0.25) is 4.79 Å². The Hall–Kier alpha value is -1.00. The van der Waals surface area contributed by atoms with E-state index in [0.29, 0.717) is 30.1 Å². The molecule has 0 saturated heterocycles. The third-order valence-corrected chi connectivity index (χ3v) is 12.4. The summed E-state index contributed by atoms with van der Waals surface area (Å²) in [7, 11) is 0. The maximum atomic E-state index is 14.4. The quantitative estimate of drug-likeness (QED) is 0.274. The van der Waals surface area contributed by atoms with Crippen LogP contribution in [0.1, 0.15) is 46.5 Å². The summed E-state index contributed by atoms with van der Waals surface area (Å²) < 4.78 is 48.9. The highest BCUT2D eigenvalue weighted by molar-refractivity contribution is 5.75.